The van der Waals surface area contributed by atoms with Crippen molar-refractivity contribution in [3.05, 3.63) is 24.0 Å². The lowest BCUT2D eigenvalue weighted by atomic mass is 9.91. The summed E-state index contributed by atoms with van der Waals surface area (Å²) in [5, 5.41) is 12.0. The van der Waals surface area contributed by atoms with Crippen LogP contribution in [0.25, 0.3) is 0 Å². The second-order valence-corrected chi connectivity index (χ2v) is 4.53. The number of nitrogens with one attached hydrogen (secondary N) is 1. The van der Waals surface area contributed by atoms with Gasteiger partial charge in [0.1, 0.15) is 0 Å². The third kappa shape index (κ3) is 3.77. The Labute approximate surface area is 91.7 Å². The molecule has 82 valence electrons. The quantitative estimate of drug-likeness (QED) is 0.800. The highest BCUT2D eigenvalue weighted by Crippen LogP contribution is 2.19. The van der Waals surface area contributed by atoms with Crippen LogP contribution in [0.4, 0.5) is 0 Å². The van der Waals surface area contributed by atoms with Crippen molar-refractivity contribution >= 4 is 0 Å². The lowest BCUT2D eigenvalue weighted by Gasteiger charge is -2.14. The smallest absolute Gasteiger partial charge is 0.0684 e. The minimum Gasteiger partial charge on any atom is -0.354 e. The van der Waals surface area contributed by atoms with E-state index in [1.165, 1.54) is 5.56 Å². The molecule has 3 nitrogen and oxygen atoms in total. The van der Waals surface area contributed by atoms with E-state index in [-0.39, 0.29) is 5.41 Å². The zero-order valence-corrected chi connectivity index (χ0v) is 9.75. The van der Waals surface area contributed by atoms with Gasteiger partial charge in [-0.25, -0.2) is 0 Å². The first kappa shape index (κ1) is 11.8. The van der Waals surface area contributed by atoms with Gasteiger partial charge in [0, 0.05) is 25.5 Å². The van der Waals surface area contributed by atoms with Gasteiger partial charge < -0.3 is 9.88 Å². The molecule has 15 heavy (non-hydrogen) atoms. The molecule has 1 aromatic rings. The van der Waals surface area contributed by atoms with Crippen molar-refractivity contribution in [2.24, 2.45) is 5.41 Å². The van der Waals surface area contributed by atoms with Gasteiger partial charge in [-0.2, -0.15) is 5.26 Å². The van der Waals surface area contributed by atoms with E-state index in [0.717, 1.165) is 19.5 Å². The molecule has 0 radical (unpaired) electrons. The molecule has 0 fully saturated rings. The number of aryl methyl sites for hydroxylation is 1. The van der Waals surface area contributed by atoms with Crippen LogP contribution in [0.15, 0.2) is 18.5 Å². The molecule has 3 heteroatoms. The summed E-state index contributed by atoms with van der Waals surface area (Å²) >= 11 is 0. The first-order chi connectivity index (χ1) is 7.07. The Morgan fingerprint density at radius 1 is 1.53 bits per heavy atom. The van der Waals surface area contributed by atoms with E-state index in [2.05, 4.69) is 34.4 Å². The Kier molecular flexibility index (Phi) is 3.93. The van der Waals surface area contributed by atoms with E-state index in [1.807, 2.05) is 20.9 Å². The summed E-state index contributed by atoms with van der Waals surface area (Å²) < 4.78 is 2.14. The van der Waals surface area contributed by atoms with Crippen LogP contribution < -0.4 is 5.32 Å². The molecule has 0 saturated carbocycles. The van der Waals surface area contributed by atoms with Gasteiger partial charge in [0.05, 0.1) is 11.5 Å². The molecule has 0 aliphatic heterocycles. The third-order valence-electron chi connectivity index (χ3n) is 2.49. The zero-order chi connectivity index (χ0) is 11.3. The van der Waals surface area contributed by atoms with Crippen LogP contribution in [-0.2, 0) is 13.1 Å². The van der Waals surface area contributed by atoms with Crippen LogP contribution in [-0.4, -0.2) is 11.6 Å². The minimum absolute atomic E-state index is 0.229. The molecule has 0 bridgehead atoms. The maximum absolute atomic E-state index is 8.89. The molecule has 0 amide bonds. The number of aromatic nitrogens is 1. The molecule has 0 atom stereocenters. The molecule has 1 aromatic heterocycles. The van der Waals surface area contributed by atoms with Gasteiger partial charge in [0.15, 0.2) is 0 Å². The number of rotatable bonds is 5. The van der Waals surface area contributed by atoms with Crippen LogP contribution in [0.2, 0.25) is 0 Å². The van der Waals surface area contributed by atoms with Crippen molar-refractivity contribution in [2.75, 3.05) is 7.05 Å². The fourth-order valence-electron chi connectivity index (χ4n) is 1.40. The summed E-state index contributed by atoms with van der Waals surface area (Å²) in [7, 11) is 1.94. The summed E-state index contributed by atoms with van der Waals surface area (Å²) in [6.07, 6.45) is 5.08. The Morgan fingerprint density at radius 2 is 2.27 bits per heavy atom. The average molecular weight is 205 g/mol. The standard InChI is InChI=1S/C12H19N3/c1-12(2,10-13)5-7-15-6-4-11(9-15)8-14-3/h4,6,9,14H,5,7-8H2,1-3H3. The molecular weight excluding hydrogens is 186 g/mol. The molecular formula is C12H19N3. The van der Waals surface area contributed by atoms with Crippen molar-refractivity contribution < 1.29 is 0 Å². The van der Waals surface area contributed by atoms with Crippen LogP contribution in [0, 0.1) is 16.7 Å². The minimum atomic E-state index is -0.229. The largest absolute Gasteiger partial charge is 0.354 e. The van der Waals surface area contributed by atoms with Crippen LogP contribution in [0.1, 0.15) is 25.8 Å². The summed E-state index contributed by atoms with van der Waals surface area (Å²) in [4.78, 5) is 0. The van der Waals surface area contributed by atoms with E-state index in [1.54, 1.807) is 0 Å². The highest BCUT2D eigenvalue weighted by Gasteiger charge is 2.15. The predicted molar refractivity (Wildman–Crippen MR) is 61.2 cm³/mol. The first-order valence-electron chi connectivity index (χ1n) is 5.28. The molecule has 0 aliphatic carbocycles. The van der Waals surface area contributed by atoms with Crippen LogP contribution in [0.3, 0.4) is 0 Å². The highest BCUT2D eigenvalue weighted by molar-refractivity contribution is 5.09. The van der Waals surface area contributed by atoms with Gasteiger partial charge >= 0.3 is 0 Å². The van der Waals surface area contributed by atoms with Crippen LogP contribution >= 0.6 is 0 Å². The van der Waals surface area contributed by atoms with Crippen molar-refractivity contribution in [1.82, 2.24) is 9.88 Å². The summed E-state index contributed by atoms with van der Waals surface area (Å²) in [6.45, 7) is 5.76. The second kappa shape index (κ2) is 4.99. The van der Waals surface area contributed by atoms with E-state index in [0.29, 0.717) is 0 Å². The van der Waals surface area contributed by atoms with Gasteiger partial charge in [0.2, 0.25) is 0 Å². The Bertz CT molecular complexity index is 344. The monoisotopic (exact) mass is 205 g/mol. The number of nitrogens with zero attached hydrogens (tertiary/aromatic N) is 2. The SMILES string of the molecule is CNCc1ccn(CCC(C)(C)C#N)c1. The molecule has 0 aromatic carbocycles. The lowest BCUT2D eigenvalue weighted by molar-refractivity contribution is 0.413. The van der Waals surface area contributed by atoms with Crippen molar-refractivity contribution in [1.29, 1.82) is 5.26 Å². The van der Waals surface area contributed by atoms with E-state index in [9.17, 15) is 0 Å². The third-order valence-corrected chi connectivity index (χ3v) is 2.49. The van der Waals surface area contributed by atoms with E-state index >= 15 is 0 Å². The first-order valence-corrected chi connectivity index (χ1v) is 5.28. The number of nitriles is 1. The molecule has 1 N–H and O–H groups in total. The maximum atomic E-state index is 8.89. The maximum Gasteiger partial charge on any atom is 0.0684 e. The number of hydrogen-bond acceptors (Lipinski definition) is 2. The average Bonchev–Trinajstić information content (AvgIpc) is 2.64. The predicted octanol–water partition coefficient (Wildman–Crippen LogP) is 2.15. The molecule has 0 unspecified atom stereocenters. The van der Waals surface area contributed by atoms with E-state index < -0.39 is 0 Å². The normalized spacial score (nSPS) is 11.3. The molecule has 0 saturated heterocycles. The Morgan fingerprint density at radius 3 is 2.87 bits per heavy atom. The molecule has 0 spiro atoms. The van der Waals surface area contributed by atoms with Gasteiger partial charge in [-0.05, 0) is 38.9 Å². The van der Waals surface area contributed by atoms with Gasteiger partial charge in [-0.3, -0.25) is 0 Å². The van der Waals surface area contributed by atoms with Gasteiger partial charge in [-0.1, -0.05) is 0 Å². The Hall–Kier alpha value is -1.27. The van der Waals surface area contributed by atoms with Crippen LogP contribution in [0.5, 0.6) is 0 Å². The van der Waals surface area contributed by atoms with Gasteiger partial charge in [-0.15, -0.1) is 0 Å². The molecule has 1 heterocycles. The molecule has 1 rings (SSSR count). The molecule has 0 aliphatic rings. The number of hydrogen-bond donors (Lipinski definition) is 1. The topological polar surface area (TPSA) is 40.8 Å². The van der Waals surface area contributed by atoms with Crippen molar-refractivity contribution in [3.8, 4) is 6.07 Å². The van der Waals surface area contributed by atoms with Crippen molar-refractivity contribution in [2.45, 2.75) is 33.4 Å². The fourth-order valence-corrected chi connectivity index (χ4v) is 1.40. The summed E-state index contributed by atoms with van der Waals surface area (Å²) in [6, 6.07) is 4.42. The summed E-state index contributed by atoms with van der Waals surface area (Å²) in [5.41, 5.74) is 1.06. The van der Waals surface area contributed by atoms with Crippen molar-refractivity contribution in [3.63, 3.8) is 0 Å². The van der Waals surface area contributed by atoms with Gasteiger partial charge in [0.25, 0.3) is 0 Å². The highest BCUT2D eigenvalue weighted by atomic mass is 14.9. The fraction of sp³-hybridized carbons (Fsp3) is 0.583. The second-order valence-electron chi connectivity index (χ2n) is 4.53. The lowest BCUT2D eigenvalue weighted by Crippen LogP contribution is -2.11. The zero-order valence-electron chi connectivity index (χ0n) is 9.75. The van der Waals surface area contributed by atoms with E-state index in [4.69, 9.17) is 5.26 Å². The summed E-state index contributed by atoms with van der Waals surface area (Å²) in [5.74, 6) is 0. The Balaban J connectivity index is 2.48.